The van der Waals surface area contributed by atoms with Crippen molar-refractivity contribution in [3.05, 3.63) is 23.3 Å². The van der Waals surface area contributed by atoms with E-state index in [1.165, 1.54) is 64.2 Å². The summed E-state index contributed by atoms with van der Waals surface area (Å²) in [6.45, 7) is 14.5. The molecular weight excluding hydrogens is 734 g/mol. The van der Waals surface area contributed by atoms with E-state index in [4.69, 9.17) is 0 Å². The number of rotatable bonds is 16. The van der Waals surface area contributed by atoms with Crippen LogP contribution in [0, 0.1) is 23.7 Å². The molecule has 0 N–H and O–H groups in total. The molecule has 0 nitrogen and oxygen atoms in total. The standard InChI is InChI=1S/C30H44S2.6CH3.2Sn/c1-21(2)9-7-11-23(5)13-15-25-26(16-14-24(6)12-8-10-22(3)4)28-18-20-32-30(28)29-27(25)17-19-31-29;;;;;;;;/h17-18,21-24H,7-16H2,1-6H3;6*1H3;;. The third-order valence-corrected chi connectivity index (χ3v) is 30.2. The van der Waals surface area contributed by atoms with Crippen molar-refractivity contribution < 1.29 is 0 Å². The fraction of sp³-hybridized carbons (Fsp3) is 0.722. The van der Waals surface area contributed by atoms with Gasteiger partial charge in [-0.05, 0) is 0 Å². The Morgan fingerprint density at radius 1 is 0.525 bits per heavy atom. The number of hydrogen-bond donors (Lipinski definition) is 0. The van der Waals surface area contributed by atoms with Gasteiger partial charge in [-0.3, -0.25) is 0 Å². The Balaban J connectivity index is 2.06. The van der Waals surface area contributed by atoms with Gasteiger partial charge in [0.15, 0.2) is 0 Å². The van der Waals surface area contributed by atoms with Crippen LogP contribution in [0.25, 0.3) is 20.2 Å². The molecule has 0 spiro atoms. The van der Waals surface area contributed by atoms with Gasteiger partial charge in [0.2, 0.25) is 0 Å². The quantitative estimate of drug-likeness (QED) is 0.127. The molecule has 0 aliphatic carbocycles. The van der Waals surface area contributed by atoms with E-state index in [1.54, 1.807) is 37.1 Å². The molecule has 0 saturated carbocycles. The maximum absolute atomic E-state index is 2.71. The molecule has 0 saturated heterocycles. The van der Waals surface area contributed by atoms with Gasteiger partial charge in [0.25, 0.3) is 0 Å². The first-order valence-electron chi connectivity index (χ1n) is 16.6. The van der Waals surface area contributed by atoms with Gasteiger partial charge in [0.05, 0.1) is 0 Å². The average Bonchev–Trinajstić information content (AvgIpc) is 3.46. The molecule has 0 bridgehead atoms. The van der Waals surface area contributed by atoms with Crippen molar-refractivity contribution in [1.29, 1.82) is 0 Å². The molecule has 0 radical (unpaired) electrons. The fourth-order valence-corrected chi connectivity index (χ4v) is 19.0. The molecule has 1 aromatic carbocycles. The molecule has 2 unspecified atom stereocenters. The number of fused-ring (bicyclic) bond motifs is 3. The van der Waals surface area contributed by atoms with Crippen molar-refractivity contribution in [2.75, 3.05) is 0 Å². The fourth-order valence-electron chi connectivity index (χ4n) is 6.02. The van der Waals surface area contributed by atoms with Crippen LogP contribution in [0.15, 0.2) is 12.1 Å². The monoisotopic (exact) mass is 798 g/mol. The van der Waals surface area contributed by atoms with Crippen molar-refractivity contribution in [1.82, 2.24) is 0 Å². The molecular formula is C36H62S2Sn2. The van der Waals surface area contributed by atoms with E-state index in [2.05, 4.69) is 106 Å². The van der Waals surface area contributed by atoms with Crippen molar-refractivity contribution in [2.45, 2.75) is 135 Å². The molecule has 3 aromatic rings. The van der Waals surface area contributed by atoms with Gasteiger partial charge in [0.1, 0.15) is 0 Å². The van der Waals surface area contributed by atoms with Crippen molar-refractivity contribution in [2.24, 2.45) is 23.7 Å². The molecule has 2 heterocycles. The molecule has 226 valence electrons. The van der Waals surface area contributed by atoms with Crippen LogP contribution in [0.1, 0.15) is 104 Å². The summed E-state index contributed by atoms with van der Waals surface area (Å²) in [5, 5.41) is 3.32. The zero-order chi connectivity index (χ0) is 29.8. The van der Waals surface area contributed by atoms with Gasteiger partial charge >= 0.3 is 268 Å². The summed E-state index contributed by atoms with van der Waals surface area (Å²) in [6.07, 6.45) is 13.5. The van der Waals surface area contributed by atoms with Crippen molar-refractivity contribution in [3.63, 3.8) is 0 Å². The summed E-state index contributed by atoms with van der Waals surface area (Å²) in [7, 11) is 0. The summed E-state index contributed by atoms with van der Waals surface area (Å²) >= 11 is 0.0415. The normalized spacial score (nSPS) is 14.8. The van der Waals surface area contributed by atoms with E-state index >= 15 is 0 Å². The first-order chi connectivity index (χ1) is 18.6. The Labute approximate surface area is 265 Å². The number of aryl methyl sites for hydroxylation is 2. The second kappa shape index (κ2) is 15.1. The van der Waals surface area contributed by atoms with Crippen LogP contribution in [-0.2, 0) is 12.8 Å². The minimum absolute atomic E-state index is 0.816. The molecule has 2 aromatic heterocycles. The number of benzene rings is 1. The second-order valence-corrected chi connectivity index (χ2v) is 49.0. The van der Waals surface area contributed by atoms with Crippen LogP contribution in [0.4, 0.5) is 0 Å². The molecule has 3 rings (SSSR count). The summed E-state index contributed by atoms with van der Waals surface area (Å²) in [5.41, 5.74) is 3.50. The van der Waals surface area contributed by atoms with Crippen LogP contribution < -0.4 is 5.79 Å². The molecule has 0 fully saturated rings. The van der Waals surface area contributed by atoms with Gasteiger partial charge in [0, 0.05) is 0 Å². The van der Waals surface area contributed by atoms with E-state index in [0.717, 1.165) is 23.7 Å². The van der Waals surface area contributed by atoms with Crippen molar-refractivity contribution in [3.8, 4) is 0 Å². The van der Waals surface area contributed by atoms with E-state index < -0.39 is 36.8 Å². The predicted octanol–water partition coefficient (Wildman–Crippen LogP) is 12.0. The van der Waals surface area contributed by atoms with Gasteiger partial charge < -0.3 is 0 Å². The number of thiophene rings is 2. The van der Waals surface area contributed by atoms with E-state index in [-0.39, 0.29) is 0 Å². The molecule has 40 heavy (non-hydrogen) atoms. The van der Waals surface area contributed by atoms with E-state index in [0.29, 0.717) is 0 Å². The second-order valence-electron chi connectivity index (χ2n) is 16.1. The summed E-state index contributed by atoms with van der Waals surface area (Å²) in [5.74, 6) is 3.29. The van der Waals surface area contributed by atoms with Crippen LogP contribution in [0.5, 0.6) is 0 Å². The Morgan fingerprint density at radius 2 is 0.875 bits per heavy atom. The van der Waals surface area contributed by atoms with Gasteiger partial charge in [-0.1, -0.05) is 0 Å². The first kappa shape index (κ1) is 35.2. The summed E-state index contributed by atoms with van der Waals surface area (Å²) in [4.78, 5) is 15.7. The number of hydrogen-bond acceptors (Lipinski definition) is 2. The average molecular weight is 796 g/mol. The van der Waals surface area contributed by atoms with Crippen molar-refractivity contribution >= 4 is 85.4 Å². The maximum atomic E-state index is 2.71. The van der Waals surface area contributed by atoms with E-state index in [9.17, 15) is 0 Å². The zero-order valence-corrected chi connectivity index (χ0v) is 35.7. The van der Waals surface area contributed by atoms with Gasteiger partial charge in [-0.15, -0.1) is 0 Å². The predicted molar refractivity (Wildman–Crippen MR) is 196 cm³/mol. The summed E-state index contributed by atoms with van der Waals surface area (Å²) in [6, 6.07) is 5.42. The third-order valence-electron chi connectivity index (χ3n) is 8.89. The van der Waals surface area contributed by atoms with Crippen LogP contribution in [0.2, 0.25) is 29.6 Å². The molecule has 0 amide bonds. The van der Waals surface area contributed by atoms with E-state index in [1.807, 2.05) is 0 Å². The molecule has 0 aliphatic heterocycles. The molecule has 4 heteroatoms. The zero-order valence-electron chi connectivity index (χ0n) is 28.4. The summed E-state index contributed by atoms with van der Waals surface area (Å²) < 4.78 is 6.84. The van der Waals surface area contributed by atoms with Crippen LogP contribution >= 0.6 is 22.7 Å². The SMILES string of the molecule is CC(C)CCCC(C)CCc1c(CCC(C)CCCC(C)C)c2c[c]([Sn]([CH3])([CH3])[CH3])sc2c2s[c]([Sn]([CH3])([CH3])[CH3])cc12. The first-order valence-corrected chi connectivity index (χ1v) is 38.2. The Hall–Kier alpha value is 0.737. The molecule has 0 aliphatic rings. The Bertz CT molecular complexity index is 1120. The minimum atomic E-state index is -2.18. The Morgan fingerprint density at radius 3 is 1.18 bits per heavy atom. The third kappa shape index (κ3) is 9.88. The van der Waals surface area contributed by atoms with Gasteiger partial charge in [-0.2, -0.15) is 0 Å². The molecule has 2 atom stereocenters. The van der Waals surface area contributed by atoms with Crippen LogP contribution in [-0.4, -0.2) is 36.8 Å². The van der Waals surface area contributed by atoms with Crippen LogP contribution in [0.3, 0.4) is 0 Å². The topological polar surface area (TPSA) is 0 Å². The Kier molecular flexibility index (Phi) is 13.3. The van der Waals surface area contributed by atoms with Gasteiger partial charge in [-0.25, -0.2) is 0 Å².